The van der Waals surface area contributed by atoms with Crippen LogP contribution in [0.3, 0.4) is 0 Å². The fourth-order valence-corrected chi connectivity index (χ4v) is 3.61. The summed E-state index contributed by atoms with van der Waals surface area (Å²) in [7, 11) is 0. The highest BCUT2D eigenvalue weighted by atomic mass is 35.5. The average molecular weight is 387 g/mol. The highest BCUT2D eigenvalue weighted by Gasteiger charge is 2.28. The van der Waals surface area contributed by atoms with Crippen LogP contribution in [-0.4, -0.2) is 43.1 Å². The Balaban J connectivity index is 1.63. The third-order valence-electron chi connectivity index (χ3n) is 5.11. The predicted molar refractivity (Wildman–Crippen MR) is 111 cm³/mol. The Morgan fingerprint density at radius 3 is 2.44 bits per heavy atom. The van der Waals surface area contributed by atoms with E-state index in [1.807, 2.05) is 61.2 Å². The molecule has 0 aromatic heterocycles. The van der Waals surface area contributed by atoms with Crippen molar-refractivity contribution < 1.29 is 9.53 Å². The predicted octanol–water partition coefficient (Wildman–Crippen LogP) is 4.46. The molecule has 1 heterocycles. The largest absolute Gasteiger partial charge is 0.480 e. The number of hydrogen-bond acceptors (Lipinski definition) is 3. The first-order chi connectivity index (χ1) is 13.0. The summed E-state index contributed by atoms with van der Waals surface area (Å²) in [6, 6.07) is 13.8. The van der Waals surface area contributed by atoms with Gasteiger partial charge in [-0.2, -0.15) is 0 Å². The number of halogens is 1. The molecule has 1 atom stereocenters. The van der Waals surface area contributed by atoms with E-state index in [0.717, 1.165) is 35.1 Å². The molecule has 1 aliphatic rings. The van der Waals surface area contributed by atoms with Crippen LogP contribution in [0.1, 0.15) is 24.5 Å². The molecular weight excluding hydrogens is 360 g/mol. The van der Waals surface area contributed by atoms with Gasteiger partial charge in [0, 0.05) is 36.9 Å². The van der Waals surface area contributed by atoms with Crippen molar-refractivity contribution >= 4 is 23.2 Å². The highest BCUT2D eigenvalue weighted by molar-refractivity contribution is 6.30. The van der Waals surface area contributed by atoms with Crippen molar-refractivity contribution in [2.45, 2.75) is 33.3 Å². The lowest BCUT2D eigenvalue weighted by molar-refractivity contribution is -0.139. The van der Waals surface area contributed by atoms with Crippen LogP contribution < -0.4 is 9.64 Å². The lowest BCUT2D eigenvalue weighted by Crippen LogP contribution is -2.52. The number of ether oxygens (including phenoxy) is 1. The van der Waals surface area contributed by atoms with Gasteiger partial charge in [0.25, 0.3) is 5.91 Å². The van der Waals surface area contributed by atoms with E-state index in [4.69, 9.17) is 16.3 Å². The second kappa shape index (κ2) is 8.66. The number of anilines is 1. The standard InChI is InChI=1S/C22H27ClN2O2/c1-4-20(27-21-8-6-5-7-17(21)3)22(26)25-13-11-24(12-14-25)19-15-18(23)10-9-16(19)2/h5-10,15,20H,4,11-14H2,1-3H3/t20-/m1/s1. The van der Waals surface area contributed by atoms with Crippen molar-refractivity contribution in [3.63, 3.8) is 0 Å². The molecule has 27 heavy (non-hydrogen) atoms. The Morgan fingerprint density at radius 1 is 1.07 bits per heavy atom. The zero-order valence-electron chi connectivity index (χ0n) is 16.2. The number of rotatable bonds is 5. The van der Waals surface area contributed by atoms with Crippen molar-refractivity contribution in [2.24, 2.45) is 0 Å². The van der Waals surface area contributed by atoms with Gasteiger partial charge in [-0.1, -0.05) is 42.8 Å². The highest BCUT2D eigenvalue weighted by Crippen LogP contribution is 2.26. The van der Waals surface area contributed by atoms with Crippen molar-refractivity contribution in [2.75, 3.05) is 31.1 Å². The fourth-order valence-electron chi connectivity index (χ4n) is 3.44. The molecule has 3 rings (SSSR count). The van der Waals surface area contributed by atoms with Gasteiger partial charge in [0.1, 0.15) is 5.75 Å². The molecule has 0 saturated carbocycles. The molecule has 0 N–H and O–H groups in total. The van der Waals surface area contributed by atoms with Crippen LogP contribution in [0.4, 0.5) is 5.69 Å². The van der Waals surface area contributed by atoms with Crippen LogP contribution in [0.5, 0.6) is 5.75 Å². The first-order valence-electron chi connectivity index (χ1n) is 9.51. The lowest BCUT2D eigenvalue weighted by atomic mass is 10.1. The van der Waals surface area contributed by atoms with Gasteiger partial charge in [-0.15, -0.1) is 0 Å². The zero-order valence-corrected chi connectivity index (χ0v) is 17.0. The van der Waals surface area contributed by atoms with Crippen LogP contribution >= 0.6 is 11.6 Å². The zero-order chi connectivity index (χ0) is 19.4. The number of piperazine rings is 1. The van der Waals surface area contributed by atoms with Crippen LogP contribution in [0.2, 0.25) is 5.02 Å². The number of amides is 1. The summed E-state index contributed by atoms with van der Waals surface area (Å²) in [5.41, 5.74) is 3.40. The number of nitrogens with zero attached hydrogens (tertiary/aromatic N) is 2. The molecule has 1 saturated heterocycles. The summed E-state index contributed by atoms with van der Waals surface area (Å²) in [6.07, 6.45) is 0.214. The Bertz CT molecular complexity index is 801. The smallest absolute Gasteiger partial charge is 0.263 e. The molecule has 0 radical (unpaired) electrons. The summed E-state index contributed by atoms with van der Waals surface area (Å²) in [4.78, 5) is 17.2. The minimum Gasteiger partial charge on any atom is -0.480 e. The Kier molecular flexibility index (Phi) is 6.27. The summed E-state index contributed by atoms with van der Waals surface area (Å²) in [5.74, 6) is 0.856. The molecule has 0 spiro atoms. The average Bonchev–Trinajstić information content (AvgIpc) is 2.69. The second-order valence-corrected chi connectivity index (χ2v) is 7.46. The Hall–Kier alpha value is -2.20. The monoisotopic (exact) mass is 386 g/mol. The van der Waals surface area contributed by atoms with E-state index in [9.17, 15) is 4.79 Å². The maximum Gasteiger partial charge on any atom is 0.263 e. The van der Waals surface area contributed by atoms with Crippen molar-refractivity contribution in [3.05, 3.63) is 58.6 Å². The number of para-hydroxylation sites is 1. The molecular formula is C22H27ClN2O2. The molecule has 0 bridgehead atoms. The molecule has 2 aromatic carbocycles. The molecule has 1 fully saturated rings. The Morgan fingerprint density at radius 2 is 1.78 bits per heavy atom. The second-order valence-electron chi connectivity index (χ2n) is 7.02. The lowest BCUT2D eigenvalue weighted by Gasteiger charge is -2.38. The van der Waals surface area contributed by atoms with Gasteiger partial charge < -0.3 is 14.5 Å². The van der Waals surface area contributed by atoms with Gasteiger partial charge in [0.15, 0.2) is 6.10 Å². The summed E-state index contributed by atoms with van der Waals surface area (Å²) in [6.45, 7) is 9.07. The molecule has 1 aliphatic heterocycles. The molecule has 4 nitrogen and oxygen atoms in total. The Labute approximate surface area is 166 Å². The van der Waals surface area contributed by atoms with Gasteiger partial charge in [-0.3, -0.25) is 4.79 Å². The van der Waals surface area contributed by atoms with E-state index in [1.165, 1.54) is 5.56 Å². The SMILES string of the molecule is CC[C@@H](Oc1ccccc1C)C(=O)N1CCN(c2cc(Cl)ccc2C)CC1. The first-order valence-corrected chi connectivity index (χ1v) is 9.89. The molecule has 144 valence electrons. The van der Waals surface area contributed by atoms with E-state index in [1.54, 1.807) is 0 Å². The number of carbonyl (C=O) groups is 1. The van der Waals surface area contributed by atoms with Gasteiger partial charge in [-0.25, -0.2) is 0 Å². The molecule has 0 unspecified atom stereocenters. The summed E-state index contributed by atoms with van der Waals surface area (Å²) in [5, 5.41) is 0.742. The first kappa shape index (κ1) is 19.6. The number of aryl methyl sites for hydroxylation is 2. The fraction of sp³-hybridized carbons (Fsp3) is 0.409. The summed E-state index contributed by atoms with van der Waals surface area (Å²) < 4.78 is 6.03. The van der Waals surface area contributed by atoms with Gasteiger partial charge in [0.2, 0.25) is 0 Å². The van der Waals surface area contributed by atoms with Gasteiger partial charge in [0.05, 0.1) is 0 Å². The van der Waals surface area contributed by atoms with E-state index in [2.05, 4.69) is 11.8 Å². The quantitative estimate of drug-likeness (QED) is 0.760. The van der Waals surface area contributed by atoms with Gasteiger partial charge >= 0.3 is 0 Å². The minimum atomic E-state index is -0.439. The molecule has 2 aromatic rings. The van der Waals surface area contributed by atoms with E-state index in [0.29, 0.717) is 19.5 Å². The normalized spacial score (nSPS) is 15.6. The van der Waals surface area contributed by atoms with Crippen molar-refractivity contribution in [1.29, 1.82) is 0 Å². The number of hydrogen-bond donors (Lipinski definition) is 0. The molecule has 0 aliphatic carbocycles. The molecule has 1 amide bonds. The van der Waals surface area contributed by atoms with Crippen molar-refractivity contribution in [1.82, 2.24) is 4.90 Å². The molecule has 5 heteroatoms. The van der Waals surface area contributed by atoms with Gasteiger partial charge in [-0.05, 0) is 49.6 Å². The third-order valence-corrected chi connectivity index (χ3v) is 5.35. The van der Waals surface area contributed by atoms with Crippen LogP contribution in [0, 0.1) is 13.8 Å². The van der Waals surface area contributed by atoms with E-state index < -0.39 is 6.10 Å². The van der Waals surface area contributed by atoms with Crippen LogP contribution in [-0.2, 0) is 4.79 Å². The van der Waals surface area contributed by atoms with E-state index in [-0.39, 0.29) is 5.91 Å². The third kappa shape index (κ3) is 4.56. The minimum absolute atomic E-state index is 0.0724. The number of carbonyl (C=O) groups excluding carboxylic acids is 1. The maximum absolute atomic E-state index is 13.0. The number of benzene rings is 2. The van der Waals surface area contributed by atoms with E-state index >= 15 is 0 Å². The van der Waals surface area contributed by atoms with Crippen LogP contribution in [0.25, 0.3) is 0 Å². The summed E-state index contributed by atoms with van der Waals surface area (Å²) >= 11 is 6.16. The van der Waals surface area contributed by atoms with Crippen LogP contribution in [0.15, 0.2) is 42.5 Å². The maximum atomic E-state index is 13.0. The van der Waals surface area contributed by atoms with Crippen molar-refractivity contribution in [3.8, 4) is 5.75 Å². The topological polar surface area (TPSA) is 32.8 Å².